The van der Waals surface area contributed by atoms with Crippen molar-refractivity contribution < 1.29 is 9.90 Å². The standard InChI is InChI=1S/C19H26N4O2.ClH/c24-18(15-3-1-8-20-13-15)22-11-6-19(25,7-12-22)14-23-10-5-16-17(23)4-2-9-21-16;/h2,4-5,9-10,15,20,25H,1,3,6-8,11-14H2;1H. The highest BCUT2D eigenvalue weighted by Crippen LogP contribution is 2.27. The fourth-order valence-corrected chi connectivity index (χ4v) is 4.10. The number of nitrogens with one attached hydrogen (secondary N) is 1. The van der Waals surface area contributed by atoms with Crippen LogP contribution in [0.25, 0.3) is 11.0 Å². The molecule has 4 rings (SSSR count). The molecule has 2 fully saturated rings. The minimum absolute atomic E-state index is 0. The summed E-state index contributed by atoms with van der Waals surface area (Å²) in [7, 11) is 0. The number of aromatic nitrogens is 2. The molecular formula is C19H27ClN4O2. The summed E-state index contributed by atoms with van der Waals surface area (Å²) in [6.07, 6.45) is 7.07. The van der Waals surface area contributed by atoms with Gasteiger partial charge >= 0.3 is 0 Å². The van der Waals surface area contributed by atoms with Gasteiger partial charge in [-0.2, -0.15) is 0 Å². The predicted molar refractivity (Wildman–Crippen MR) is 103 cm³/mol. The molecule has 1 atom stereocenters. The van der Waals surface area contributed by atoms with Gasteiger partial charge in [0.25, 0.3) is 0 Å². The van der Waals surface area contributed by atoms with Crippen molar-refractivity contribution in [1.82, 2.24) is 19.8 Å². The molecule has 7 heteroatoms. The molecule has 2 aromatic heterocycles. The zero-order valence-electron chi connectivity index (χ0n) is 14.9. The molecule has 2 aliphatic heterocycles. The summed E-state index contributed by atoms with van der Waals surface area (Å²) in [6, 6.07) is 5.93. The predicted octanol–water partition coefficient (Wildman–Crippen LogP) is 1.81. The van der Waals surface area contributed by atoms with Gasteiger partial charge in [-0.15, -0.1) is 12.4 Å². The van der Waals surface area contributed by atoms with Gasteiger partial charge in [-0.05, 0) is 50.4 Å². The summed E-state index contributed by atoms with van der Waals surface area (Å²) < 4.78 is 2.07. The molecule has 142 valence electrons. The third-order valence-corrected chi connectivity index (χ3v) is 5.65. The molecule has 2 saturated heterocycles. The first kappa shape index (κ1) is 19.1. The summed E-state index contributed by atoms with van der Waals surface area (Å²) in [5, 5.41) is 14.3. The van der Waals surface area contributed by atoms with Crippen LogP contribution in [0.15, 0.2) is 30.6 Å². The summed E-state index contributed by atoms with van der Waals surface area (Å²) in [6.45, 7) is 3.65. The number of hydrogen-bond donors (Lipinski definition) is 2. The van der Waals surface area contributed by atoms with E-state index in [1.54, 1.807) is 6.20 Å². The number of piperidine rings is 2. The lowest BCUT2D eigenvalue weighted by atomic mass is 9.89. The van der Waals surface area contributed by atoms with Crippen molar-refractivity contribution in [2.75, 3.05) is 26.2 Å². The molecular weight excluding hydrogens is 352 g/mol. The van der Waals surface area contributed by atoms with Crippen LogP contribution in [0.2, 0.25) is 0 Å². The number of likely N-dealkylation sites (tertiary alicyclic amines) is 1. The Morgan fingerprint density at radius 1 is 1.35 bits per heavy atom. The molecule has 0 saturated carbocycles. The van der Waals surface area contributed by atoms with Gasteiger partial charge in [0.2, 0.25) is 5.91 Å². The van der Waals surface area contributed by atoms with Gasteiger partial charge in [-0.25, -0.2) is 0 Å². The number of pyridine rings is 1. The molecule has 2 aliphatic rings. The smallest absolute Gasteiger partial charge is 0.226 e. The number of nitrogens with zero attached hydrogens (tertiary/aromatic N) is 3. The number of aliphatic hydroxyl groups is 1. The lowest BCUT2D eigenvalue weighted by Gasteiger charge is -2.40. The quantitative estimate of drug-likeness (QED) is 0.854. The maximum Gasteiger partial charge on any atom is 0.226 e. The number of halogens is 1. The van der Waals surface area contributed by atoms with Crippen LogP contribution in [0.3, 0.4) is 0 Å². The van der Waals surface area contributed by atoms with E-state index in [0.29, 0.717) is 32.5 Å². The first-order chi connectivity index (χ1) is 12.1. The molecule has 0 spiro atoms. The highest BCUT2D eigenvalue weighted by atomic mass is 35.5. The van der Waals surface area contributed by atoms with Gasteiger partial charge in [-0.3, -0.25) is 9.78 Å². The number of carbonyl (C=O) groups excluding carboxylic acids is 1. The molecule has 0 aliphatic carbocycles. The van der Waals surface area contributed by atoms with Crippen LogP contribution in [-0.2, 0) is 11.3 Å². The maximum absolute atomic E-state index is 12.6. The van der Waals surface area contributed by atoms with Crippen molar-refractivity contribution >= 4 is 29.3 Å². The van der Waals surface area contributed by atoms with Gasteiger partial charge in [0, 0.05) is 32.0 Å². The molecule has 1 amide bonds. The molecule has 4 heterocycles. The van der Waals surface area contributed by atoms with Crippen LogP contribution in [0, 0.1) is 5.92 Å². The van der Waals surface area contributed by atoms with Gasteiger partial charge in [0.15, 0.2) is 0 Å². The van der Waals surface area contributed by atoms with E-state index < -0.39 is 5.60 Å². The van der Waals surface area contributed by atoms with Crippen molar-refractivity contribution in [2.24, 2.45) is 5.92 Å². The van der Waals surface area contributed by atoms with E-state index in [4.69, 9.17) is 0 Å². The van der Waals surface area contributed by atoms with E-state index in [1.807, 2.05) is 29.3 Å². The molecule has 1 unspecified atom stereocenters. The second-order valence-electron chi connectivity index (χ2n) is 7.44. The third-order valence-electron chi connectivity index (χ3n) is 5.65. The Morgan fingerprint density at radius 2 is 2.15 bits per heavy atom. The van der Waals surface area contributed by atoms with Crippen molar-refractivity contribution in [3.05, 3.63) is 30.6 Å². The van der Waals surface area contributed by atoms with Crippen LogP contribution in [0.5, 0.6) is 0 Å². The first-order valence-electron chi connectivity index (χ1n) is 9.26. The second kappa shape index (κ2) is 7.94. The number of rotatable bonds is 3. The monoisotopic (exact) mass is 378 g/mol. The van der Waals surface area contributed by atoms with Crippen LogP contribution >= 0.6 is 12.4 Å². The van der Waals surface area contributed by atoms with Crippen molar-refractivity contribution in [3.63, 3.8) is 0 Å². The van der Waals surface area contributed by atoms with Gasteiger partial charge in [0.1, 0.15) is 0 Å². The van der Waals surface area contributed by atoms with Crippen LogP contribution in [0.1, 0.15) is 25.7 Å². The van der Waals surface area contributed by atoms with E-state index in [9.17, 15) is 9.90 Å². The van der Waals surface area contributed by atoms with Crippen molar-refractivity contribution in [1.29, 1.82) is 0 Å². The Bertz CT molecular complexity index is 749. The first-order valence-corrected chi connectivity index (χ1v) is 9.26. The Hall–Kier alpha value is -1.63. The maximum atomic E-state index is 12.6. The second-order valence-corrected chi connectivity index (χ2v) is 7.44. The zero-order valence-corrected chi connectivity index (χ0v) is 15.7. The highest BCUT2D eigenvalue weighted by molar-refractivity contribution is 5.85. The number of fused-ring (bicyclic) bond motifs is 1. The van der Waals surface area contributed by atoms with E-state index in [2.05, 4.69) is 14.9 Å². The SMILES string of the molecule is Cl.O=C(C1CCCNC1)N1CCC(O)(Cn2ccc3ncccc32)CC1. The molecule has 6 nitrogen and oxygen atoms in total. The van der Waals surface area contributed by atoms with E-state index in [1.165, 1.54) is 0 Å². The summed E-state index contributed by atoms with van der Waals surface area (Å²) in [5.74, 6) is 0.365. The Labute approximate surface area is 160 Å². The lowest BCUT2D eigenvalue weighted by Crippen LogP contribution is -2.51. The van der Waals surface area contributed by atoms with E-state index >= 15 is 0 Å². The molecule has 0 aromatic carbocycles. The molecule has 2 aromatic rings. The van der Waals surface area contributed by atoms with Crippen LogP contribution < -0.4 is 5.32 Å². The Morgan fingerprint density at radius 3 is 2.88 bits per heavy atom. The largest absolute Gasteiger partial charge is 0.388 e. The number of hydrogen-bond acceptors (Lipinski definition) is 4. The molecule has 0 radical (unpaired) electrons. The van der Waals surface area contributed by atoms with Gasteiger partial charge in [-0.1, -0.05) is 0 Å². The summed E-state index contributed by atoms with van der Waals surface area (Å²) in [5.41, 5.74) is 1.23. The Kier molecular flexibility index (Phi) is 5.85. The van der Waals surface area contributed by atoms with Crippen molar-refractivity contribution in [3.8, 4) is 0 Å². The lowest BCUT2D eigenvalue weighted by molar-refractivity contribution is -0.140. The Balaban J connectivity index is 0.00000196. The van der Waals surface area contributed by atoms with Crippen LogP contribution in [0.4, 0.5) is 0 Å². The average molecular weight is 379 g/mol. The summed E-state index contributed by atoms with van der Waals surface area (Å²) >= 11 is 0. The molecule has 2 N–H and O–H groups in total. The third kappa shape index (κ3) is 3.87. The van der Waals surface area contributed by atoms with E-state index in [-0.39, 0.29) is 24.2 Å². The highest BCUT2D eigenvalue weighted by Gasteiger charge is 2.36. The zero-order chi connectivity index (χ0) is 17.3. The normalized spacial score (nSPS) is 22.8. The topological polar surface area (TPSA) is 70.4 Å². The molecule has 0 bridgehead atoms. The summed E-state index contributed by atoms with van der Waals surface area (Å²) in [4.78, 5) is 18.9. The van der Waals surface area contributed by atoms with E-state index in [0.717, 1.165) is 37.0 Å². The number of carbonyl (C=O) groups is 1. The molecule has 26 heavy (non-hydrogen) atoms. The van der Waals surface area contributed by atoms with Gasteiger partial charge < -0.3 is 19.9 Å². The minimum atomic E-state index is -0.761. The fraction of sp³-hybridized carbons (Fsp3) is 0.579. The van der Waals surface area contributed by atoms with Crippen LogP contribution in [-0.4, -0.2) is 57.2 Å². The average Bonchev–Trinajstić information content (AvgIpc) is 3.05. The van der Waals surface area contributed by atoms with Gasteiger partial charge in [0.05, 0.1) is 29.1 Å². The fourth-order valence-electron chi connectivity index (χ4n) is 4.10. The number of amides is 1. The van der Waals surface area contributed by atoms with Crippen molar-refractivity contribution in [2.45, 2.75) is 37.8 Å². The minimum Gasteiger partial charge on any atom is -0.388 e.